The van der Waals surface area contributed by atoms with E-state index in [-0.39, 0.29) is 11.6 Å². The van der Waals surface area contributed by atoms with E-state index in [9.17, 15) is 9.18 Å². The van der Waals surface area contributed by atoms with Crippen molar-refractivity contribution in [2.45, 2.75) is 26.7 Å². The minimum absolute atomic E-state index is 0.156. The third kappa shape index (κ3) is 3.89. The number of carbonyl (C=O) groups is 1. The lowest BCUT2D eigenvalue weighted by molar-refractivity contribution is -0.116. The predicted molar refractivity (Wildman–Crippen MR) is 64.6 cm³/mol. The van der Waals surface area contributed by atoms with Gasteiger partial charge in [-0.05, 0) is 28.3 Å². The molecule has 0 bridgehead atoms. The summed E-state index contributed by atoms with van der Waals surface area (Å²) in [5.41, 5.74) is 0.156. The first-order valence-electron chi connectivity index (χ1n) is 5.09. The Kier molecular flexibility index (Phi) is 4.86. The maximum absolute atomic E-state index is 13.3. The van der Waals surface area contributed by atoms with E-state index < -0.39 is 5.82 Å². The van der Waals surface area contributed by atoms with Crippen molar-refractivity contribution in [2.75, 3.05) is 5.32 Å². The zero-order valence-electron chi connectivity index (χ0n) is 9.26. The first kappa shape index (κ1) is 13.1. The molecule has 0 aromatic carbocycles. The van der Waals surface area contributed by atoms with Gasteiger partial charge in [-0.2, -0.15) is 0 Å². The number of aromatic nitrogens is 1. The predicted octanol–water partition coefficient (Wildman–Crippen LogP) is 3.36. The molecule has 0 fully saturated rings. The fraction of sp³-hybridized carbons (Fsp3) is 0.455. The molecule has 0 saturated heterocycles. The van der Waals surface area contributed by atoms with E-state index in [1.54, 1.807) is 0 Å². The number of pyridine rings is 1. The van der Waals surface area contributed by atoms with E-state index in [1.807, 2.05) is 13.8 Å². The maximum Gasteiger partial charge on any atom is 0.224 e. The SMILES string of the molecule is CC(C)CCC(=O)Nc1c(F)cncc1Br. The monoisotopic (exact) mass is 288 g/mol. The second kappa shape index (κ2) is 5.94. The van der Waals surface area contributed by atoms with Crippen molar-refractivity contribution in [3.05, 3.63) is 22.7 Å². The molecule has 5 heteroatoms. The van der Waals surface area contributed by atoms with E-state index >= 15 is 0 Å². The zero-order chi connectivity index (χ0) is 12.1. The molecule has 0 radical (unpaired) electrons. The van der Waals surface area contributed by atoms with E-state index in [2.05, 4.69) is 26.2 Å². The van der Waals surface area contributed by atoms with Crippen LogP contribution >= 0.6 is 15.9 Å². The average Bonchev–Trinajstić information content (AvgIpc) is 2.21. The molecule has 0 unspecified atom stereocenters. The summed E-state index contributed by atoms with van der Waals surface area (Å²) in [5, 5.41) is 2.53. The van der Waals surface area contributed by atoms with E-state index in [4.69, 9.17) is 0 Å². The topological polar surface area (TPSA) is 42.0 Å². The lowest BCUT2D eigenvalue weighted by atomic mass is 10.1. The smallest absolute Gasteiger partial charge is 0.224 e. The van der Waals surface area contributed by atoms with Gasteiger partial charge < -0.3 is 5.32 Å². The van der Waals surface area contributed by atoms with Crippen molar-refractivity contribution in [1.82, 2.24) is 4.98 Å². The summed E-state index contributed by atoms with van der Waals surface area (Å²) < 4.78 is 13.8. The minimum Gasteiger partial charge on any atom is -0.323 e. The lowest BCUT2D eigenvalue weighted by Crippen LogP contribution is -2.13. The second-order valence-electron chi connectivity index (χ2n) is 3.96. The summed E-state index contributed by atoms with van der Waals surface area (Å²) in [4.78, 5) is 15.2. The highest BCUT2D eigenvalue weighted by molar-refractivity contribution is 9.10. The molecule has 0 spiro atoms. The van der Waals surface area contributed by atoms with Gasteiger partial charge in [0, 0.05) is 12.6 Å². The van der Waals surface area contributed by atoms with Gasteiger partial charge in [0.2, 0.25) is 5.91 Å². The quantitative estimate of drug-likeness (QED) is 0.923. The number of anilines is 1. The first-order chi connectivity index (χ1) is 7.50. The van der Waals surface area contributed by atoms with Crippen LogP contribution in [0.4, 0.5) is 10.1 Å². The summed E-state index contributed by atoms with van der Waals surface area (Å²) in [7, 11) is 0. The fourth-order valence-electron chi connectivity index (χ4n) is 1.15. The van der Waals surface area contributed by atoms with Crippen LogP contribution in [0.2, 0.25) is 0 Å². The number of carbonyl (C=O) groups excluding carboxylic acids is 1. The molecule has 1 heterocycles. The fourth-order valence-corrected chi connectivity index (χ4v) is 1.56. The highest BCUT2D eigenvalue weighted by Gasteiger charge is 2.11. The summed E-state index contributed by atoms with van der Waals surface area (Å²) in [6, 6.07) is 0. The Bertz CT molecular complexity index is 362. The van der Waals surface area contributed by atoms with Gasteiger partial charge >= 0.3 is 0 Å². The standard InChI is InChI=1S/C11H14BrFN2O/c1-7(2)3-4-10(16)15-11-8(12)5-14-6-9(11)13/h5-7H,3-4H2,1-2H3,(H,14,15,16). The van der Waals surface area contributed by atoms with Crippen molar-refractivity contribution in [3.8, 4) is 0 Å². The van der Waals surface area contributed by atoms with Crippen molar-refractivity contribution >= 4 is 27.5 Å². The molecule has 0 aliphatic heterocycles. The van der Waals surface area contributed by atoms with Gasteiger partial charge in [-0.15, -0.1) is 0 Å². The highest BCUT2D eigenvalue weighted by Crippen LogP contribution is 2.24. The molecule has 88 valence electrons. The van der Waals surface area contributed by atoms with Crippen LogP contribution < -0.4 is 5.32 Å². The molecule has 0 atom stereocenters. The van der Waals surface area contributed by atoms with Gasteiger partial charge in [-0.1, -0.05) is 13.8 Å². The van der Waals surface area contributed by atoms with E-state index in [1.165, 1.54) is 6.20 Å². The molecular formula is C11H14BrFN2O. The van der Waals surface area contributed by atoms with Crippen LogP contribution in [0, 0.1) is 11.7 Å². The number of halogens is 2. The van der Waals surface area contributed by atoms with Crippen molar-refractivity contribution < 1.29 is 9.18 Å². The van der Waals surface area contributed by atoms with Gasteiger partial charge in [0.25, 0.3) is 0 Å². The van der Waals surface area contributed by atoms with Gasteiger partial charge in [0.1, 0.15) is 0 Å². The Labute approximate surface area is 103 Å². The number of amides is 1. The third-order valence-electron chi connectivity index (χ3n) is 2.07. The van der Waals surface area contributed by atoms with Crippen molar-refractivity contribution in [3.63, 3.8) is 0 Å². The van der Waals surface area contributed by atoms with Crippen molar-refractivity contribution in [2.24, 2.45) is 5.92 Å². The van der Waals surface area contributed by atoms with Gasteiger partial charge in [0.05, 0.1) is 16.4 Å². The summed E-state index contributed by atoms with van der Waals surface area (Å²) >= 11 is 3.14. The average molecular weight is 289 g/mol. The number of nitrogens with zero attached hydrogens (tertiary/aromatic N) is 1. The van der Waals surface area contributed by atoms with Crippen LogP contribution in [0.5, 0.6) is 0 Å². The molecule has 3 nitrogen and oxygen atoms in total. The van der Waals surface area contributed by atoms with Crippen LogP contribution in [0.3, 0.4) is 0 Å². The molecule has 0 saturated carbocycles. The minimum atomic E-state index is -0.535. The Morgan fingerprint density at radius 2 is 2.25 bits per heavy atom. The second-order valence-corrected chi connectivity index (χ2v) is 4.81. The molecule has 1 rings (SSSR count). The summed E-state index contributed by atoms with van der Waals surface area (Å²) in [6.07, 6.45) is 3.70. The largest absolute Gasteiger partial charge is 0.323 e. The molecule has 16 heavy (non-hydrogen) atoms. The highest BCUT2D eigenvalue weighted by atomic mass is 79.9. The molecule has 0 aliphatic carbocycles. The third-order valence-corrected chi connectivity index (χ3v) is 2.67. The molecule has 1 aromatic rings. The van der Waals surface area contributed by atoms with E-state index in [0.717, 1.165) is 12.6 Å². The molecule has 0 aliphatic rings. The molecular weight excluding hydrogens is 275 g/mol. The zero-order valence-corrected chi connectivity index (χ0v) is 10.8. The van der Waals surface area contributed by atoms with E-state index in [0.29, 0.717) is 16.8 Å². The normalized spacial score (nSPS) is 10.6. The Balaban J connectivity index is 2.63. The summed E-state index contributed by atoms with van der Waals surface area (Å²) in [6.45, 7) is 4.08. The Hall–Kier alpha value is -0.970. The van der Waals surface area contributed by atoms with Crippen LogP contribution in [-0.2, 0) is 4.79 Å². The first-order valence-corrected chi connectivity index (χ1v) is 5.89. The number of hydrogen-bond donors (Lipinski definition) is 1. The van der Waals surface area contributed by atoms with Gasteiger partial charge in [-0.25, -0.2) is 4.39 Å². The molecule has 1 aromatic heterocycles. The van der Waals surface area contributed by atoms with Crippen LogP contribution in [-0.4, -0.2) is 10.9 Å². The van der Waals surface area contributed by atoms with Crippen LogP contribution in [0.25, 0.3) is 0 Å². The number of nitrogens with one attached hydrogen (secondary N) is 1. The lowest BCUT2D eigenvalue weighted by Gasteiger charge is -2.08. The number of rotatable bonds is 4. The number of hydrogen-bond acceptors (Lipinski definition) is 2. The van der Waals surface area contributed by atoms with Crippen molar-refractivity contribution in [1.29, 1.82) is 0 Å². The van der Waals surface area contributed by atoms with Crippen LogP contribution in [0.1, 0.15) is 26.7 Å². The van der Waals surface area contributed by atoms with Gasteiger partial charge in [-0.3, -0.25) is 9.78 Å². The van der Waals surface area contributed by atoms with Gasteiger partial charge in [0.15, 0.2) is 5.82 Å². The molecule has 1 N–H and O–H groups in total. The van der Waals surface area contributed by atoms with Crippen LogP contribution in [0.15, 0.2) is 16.9 Å². The maximum atomic E-state index is 13.3. The Morgan fingerprint density at radius 3 is 2.81 bits per heavy atom. The summed E-state index contributed by atoms with van der Waals surface area (Å²) in [5.74, 6) is -0.261. The molecule has 1 amide bonds. The Morgan fingerprint density at radius 1 is 1.56 bits per heavy atom.